The number of halogens is 2. The van der Waals surface area contributed by atoms with Crippen molar-refractivity contribution in [3.63, 3.8) is 0 Å². The summed E-state index contributed by atoms with van der Waals surface area (Å²) in [5.74, 6) is -0.473. The summed E-state index contributed by atoms with van der Waals surface area (Å²) in [5.41, 5.74) is 0.413. The second-order valence-corrected chi connectivity index (χ2v) is 5.74. The van der Waals surface area contributed by atoms with Gasteiger partial charge in [-0.05, 0) is 61.2 Å². The maximum absolute atomic E-state index is 13.5. The Kier molecular flexibility index (Phi) is 4.05. The number of carbonyl (C=O) groups is 1. The molecular weight excluding hydrogens is 297 g/mol. The van der Waals surface area contributed by atoms with Crippen LogP contribution >= 0.6 is 15.9 Å². The summed E-state index contributed by atoms with van der Waals surface area (Å²) < 4.78 is 13.7. The zero-order valence-corrected chi connectivity index (χ0v) is 12.2. The summed E-state index contributed by atoms with van der Waals surface area (Å²) in [6, 6.07) is 5.04. The predicted octanol–water partition coefficient (Wildman–Crippen LogP) is 3.99. The Labute approximate surface area is 115 Å². The molecule has 2 unspecified atom stereocenters. The molecule has 1 aromatic carbocycles. The minimum atomic E-state index is -0.391. The predicted molar refractivity (Wildman–Crippen MR) is 73.0 cm³/mol. The smallest absolute Gasteiger partial charge is 0.255 e. The number of nitrogens with zero attached hydrogens (tertiary/aromatic N) is 1. The lowest BCUT2D eigenvalue weighted by Gasteiger charge is -2.39. The van der Waals surface area contributed by atoms with E-state index >= 15 is 0 Å². The molecule has 1 heterocycles. The maximum atomic E-state index is 13.5. The SMILES string of the molecule is CC1CCCC(C)N1C(=O)c1cccc(F)c1Br. The van der Waals surface area contributed by atoms with Gasteiger partial charge in [0.15, 0.2) is 0 Å². The van der Waals surface area contributed by atoms with Gasteiger partial charge in [-0.1, -0.05) is 6.07 Å². The first-order valence-corrected chi connectivity index (χ1v) is 7.08. The van der Waals surface area contributed by atoms with E-state index in [1.54, 1.807) is 12.1 Å². The van der Waals surface area contributed by atoms with E-state index in [2.05, 4.69) is 29.8 Å². The van der Waals surface area contributed by atoms with E-state index in [-0.39, 0.29) is 22.5 Å². The van der Waals surface area contributed by atoms with Gasteiger partial charge in [0.05, 0.1) is 10.0 Å². The number of likely N-dealkylation sites (tertiary alicyclic amines) is 1. The van der Waals surface area contributed by atoms with Crippen LogP contribution in [0.4, 0.5) is 4.39 Å². The van der Waals surface area contributed by atoms with Gasteiger partial charge in [-0.25, -0.2) is 4.39 Å². The molecule has 1 aromatic rings. The fourth-order valence-electron chi connectivity index (χ4n) is 2.63. The van der Waals surface area contributed by atoms with Gasteiger partial charge in [0, 0.05) is 12.1 Å². The largest absolute Gasteiger partial charge is 0.333 e. The highest BCUT2D eigenvalue weighted by Crippen LogP contribution is 2.28. The molecule has 0 bridgehead atoms. The summed E-state index contributed by atoms with van der Waals surface area (Å²) in [6.07, 6.45) is 3.18. The zero-order valence-electron chi connectivity index (χ0n) is 10.6. The molecular formula is C14H17BrFNO. The number of carbonyl (C=O) groups excluding carboxylic acids is 1. The third kappa shape index (κ3) is 2.44. The molecule has 0 N–H and O–H groups in total. The monoisotopic (exact) mass is 313 g/mol. The van der Waals surface area contributed by atoms with Gasteiger partial charge in [0.2, 0.25) is 0 Å². The molecule has 1 fully saturated rings. The molecule has 0 spiro atoms. The number of benzene rings is 1. The van der Waals surface area contributed by atoms with E-state index in [1.807, 2.05) is 4.90 Å². The molecule has 0 saturated carbocycles. The van der Waals surface area contributed by atoms with Crippen LogP contribution in [0.5, 0.6) is 0 Å². The van der Waals surface area contributed by atoms with E-state index in [0.717, 1.165) is 19.3 Å². The second-order valence-electron chi connectivity index (χ2n) is 4.94. The molecule has 98 valence electrons. The van der Waals surface area contributed by atoms with Crippen LogP contribution in [0.15, 0.2) is 22.7 Å². The fraction of sp³-hybridized carbons (Fsp3) is 0.500. The molecule has 2 nitrogen and oxygen atoms in total. The van der Waals surface area contributed by atoms with Crippen LogP contribution in [-0.2, 0) is 0 Å². The van der Waals surface area contributed by atoms with Crippen LogP contribution in [-0.4, -0.2) is 22.9 Å². The second kappa shape index (κ2) is 5.39. The highest BCUT2D eigenvalue weighted by molar-refractivity contribution is 9.10. The number of hydrogen-bond acceptors (Lipinski definition) is 1. The summed E-state index contributed by atoms with van der Waals surface area (Å²) in [4.78, 5) is 14.4. The van der Waals surface area contributed by atoms with Crippen molar-refractivity contribution in [3.8, 4) is 0 Å². The van der Waals surface area contributed by atoms with Crippen LogP contribution in [0.25, 0.3) is 0 Å². The van der Waals surface area contributed by atoms with Crippen molar-refractivity contribution < 1.29 is 9.18 Å². The fourth-order valence-corrected chi connectivity index (χ4v) is 3.06. The zero-order chi connectivity index (χ0) is 13.3. The lowest BCUT2D eigenvalue weighted by Crippen LogP contribution is -2.47. The van der Waals surface area contributed by atoms with Crippen molar-refractivity contribution in [3.05, 3.63) is 34.1 Å². The molecule has 4 heteroatoms. The molecule has 1 aliphatic rings. The lowest BCUT2D eigenvalue weighted by molar-refractivity contribution is 0.0509. The number of piperidine rings is 1. The molecule has 2 atom stereocenters. The minimum absolute atomic E-state index is 0.0823. The molecule has 0 aliphatic carbocycles. The van der Waals surface area contributed by atoms with E-state index in [0.29, 0.717) is 5.56 Å². The third-order valence-electron chi connectivity index (χ3n) is 3.61. The average Bonchev–Trinajstić information content (AvgIpc) is 2.32. The maximum Gasteiger partial charge on any atom is 0.255 e. The third-order valence-corrected chi connectivity index (χ3v) is 4.42. The Morgan fingerprint density at radius 2 is 1.94 bits per heavy atom. The van der Waals surface area contributed by atoms with Crippen LogP contribution in [0.1, 0.15) is 43.5 Å². The minimum Gasteiger partial charge on any atom is -0.333 e. The average molecular weight is 314 g/mol. The normalized spacial score (nSPS) is 24.1. The Balaban J connectivity index is 2.32. The standard InChI is InChI=1S/C14H17BrFNO/c1-9-5-3-6-10(2)17(9)14(18)11-7-4-8-12(16)13(11)15/h4,7-10H,3,5-6H2,1-2H3. The van der Waals surface area contributed by atoms with Crippen LogP contribution in [0.2, 0.25) is 0 Å². The first kappa shape index (κ1) is 13.5. The van der Waals surface area contributed by atoms with E-state index in [4.69, 9.17) is 0 Å². The first-order chi connectivity index (χ1) is 8.52. The van der Waals surface area contributed by atoms with Gasteiger partial charge in [0.25, 0.3) is 5.91 Å². The van der Waals surface area contributed by atoms with E-state index in [9.17, 15) is 9.18 Å². The molecule has 1 saturated heterocycles. The summed E-state index contributed by atoms with van der Waals surface area (Å²) >= 11 is 3.16. The Morgan fingerprint density at radius 3 is 2.56 bits per heavy atom. The summed E-state index contributed by atoms with van der Waals surface area (Å²) in [5, 5.41) is 0. The first-order valence-electron chi connectivity index (χ1n) is 6.29. The van der Waals surface area contributed by atoms with Gasteiger partial charge in [-0.15, -0.1) is 0 Å². The van der Waals surface area contributed by atoms with Gasteiger partial charge >= 0.3 is 0 Å². The molecule has 1 amide bonds. The van der Waals surface area contributed by atoms with Crippen molar-refractivity contribution in [2.24, 2.45) is 0 Å². The van der Waals surface area contributed by atoms with E-state index in [1.165, 1.54) is 6.07 Å². The quantitative estimate of drug-likeness (QED) is 0.767. The topological polar surface area (TPSA) is 20.3 Å². The van der Waals surface area contributed by atoms with Crippen LogP contribution in [0, 0.1) is 5.82 Å². The summed E-state index contributed by atoms with van der Waals surface area (Å²) in [7, 11) is 0. The lowest BCUT2D eigenvalue weighted by atomic mass is 9.96. The Hall–Kier alpha value is -0.900. The highest BCUT2D eigenvalue weighted by Gasteiger charge is 2.30. The van der Waals surface area contributed by atoms with Crippen molar-refractivity contribution in [2.75, 3.05) is 0 Å². The Bertz CT molecular complexity index is 453. The molecule has 0 radical (unpaired) electrons. The van der Waals surface area contributed by atoms with Crippen molar-refractivity contribution >= 4 is 21.8 Å². The number of amides is 1. The Morgan fingerprint density at radius 1 is 1.33 bits per heavy atom. The van der Waals surface area contributed by atoms with Gasteiger partial charge in [-0.3, -0.25) is 4.79 Å². The highest BCUT2D eigenvalue weighted by atomic mass is 79.9. The van der Waals surface area contributed by atoms with Gasteiger partial charge < -0.3 is 4.90 Å². The van der Waals surface area contributed by atoms with Crippen molar-refractivity contribution in [1.29, 1.82) is 0 Å². The molecule has 18 heavy (non-hydrogen) atoms. The molecule has 1 aliphatic heterocycles. The van der Waals surface area contributed by atoms with E-state index < -0.39 is 5.82 Å². The van der Waals surface area contributed by atoms with Crippen molar-refractivity contribution in [2.45, 2.75) is 45.2 Å². The molecule has 2 rings (SSSR count). The summed E-state index contributed by atoms with van der Waals surface area (Å²) in [6.45, 7) is 4.11. The van der Waals surface area contributed by atoms with Crippen LogP contribution in [0.3, 0.4) is 0 Å². The molecule has 0 aromatic heterocycles. The van der Waals surface area contributed by atoms with Crippen molar-refractivity contribution in [1.82, 2.24) is 4.90 Å². The van der Waals surface area contributed by atoms with Gasteiger partial charge in [0.1, 0.15) is 5.82 Å². The van der Waals surface area contributed by atoms with Crippen LogP contribution < -0.4 is 0 Å². The van der Waals surface area contributed by atoms with Gasteiger partial charge in [-0.2, -0.15) is 0 Å². The number of hydrogen-bond donors (Lipinski definition) is 0. The number of rotatable bonds is 1.